The fourth-order valence-electron chi connectivity index (χ4n) is 2.50. The van der Waals surface area contributed by atoms with Crippen molar-refractivity contribution < 1.29 is 29.7 Å². The van der Waals surface area contributed by atoms with Crippen molar-refractivity contribution in [2.75, 3.05) is 4.90 Å². The van der Waals surface area contributed by atoms with Gasteiger partial charge in [0.2, 0.25) is 5.91 Å². The topological polar surface area (TPSA) is 127 Å². The highest BCUT2D eigenvalue weighted by Gasteiger charge is 2.31. The number of carbonyl (C=O) groups excluding carboxylic acids is 2. The molecular weight excluding hydrogens is 352 g/mol. The van der Waals surface area contributed by atoms with Gasteiger partial charge < -0.3 is 20.6 Å². The molecule has 4 N–H and O–H groups in total. The second-order valence-corrected chi connectivity index (χ2v) is 5.93. The summed E-state index contributed by atoms with van der Waals surface area (Å²) in [5.74, 6) is -3.68. The fourth-order valence-corrected chi connectivity index (χ4v) is 2.50. The number of nitrogens with zero attached hydrogens (tertiary/aromatic N) is 1. The number of para-hydroxylation sites is 2. The number of nitrogens with one attached hydrogen (secondary N) is 1. The van der Waals surface area contributed by atoms with Crippen LogP contribution in [0.3, 0.4) is 0 Å². The van der Waals surface area contributed by atoms with E-state index in [0.717, 1.165) is 4.90 Å². The molecule has 0 aliphatic carbocycles. The predicted octanol–water partition coefficient (Wildman–Crippen LogP) is 1.72. The number of carboxylic acids is 1. The summed E-state index contributed by atoms with van der Waals surface area (Å²) < 4.78 is 0. The summed E-state index contributed by atoms with van der Waals surface area (Å²) >= 11 is 0. The number of hydrogen-bond acceptors (Lipinski definition) is 5. The van der Waals surface area contributed by atoms with Crippen molar-refractivity contribution in [2.45, 2.75) is 25.9 Å². The number of phenolic OH excluding ortho intramolecular Hbond substituents is 2. The minimum absolute atomic E-state index is 0.202. The van der Waals surface area contributed by atoms with Crippen LogP contribution in [-0.2, 0) is 9.59 Å². The van der Waals surface area contributed by atoms with Gasteiger partial charge in [0.1, 0.15) is 12.1 Å². The Kier molecular flexibility index (Phi) is 6.02. The third kappa shape index (κ3) is 4.35. The molecule has 27 heavy (non-hydrogen) atoms. The number of hydrogen-bond donors (Lipinski definition) is 4. The highest BCUT2D eigenvalue weighted by molar-refractivity contribution is 6.05. The third-order valence-electron chi connectivity index (χ3n) is 3.99. The van der Waals surface area contributed by atoms with Crippen LogP contribution in [0.25, 0.3) is 0 Å². The Labute approximate surface area is 155 Å². The number of aliphatic carboxylic acids is 1. The van der Waals surface area contributed by atoms with Gasteiger partial charge in [0.05, 0.1) is 5.56 Å². The van der Waals surface area contributed by atoms with Crippen LogP contribution in [0.4, 0.5) is 5.69 Å². The quantitative estimate of drug-likeness (QED) is 0.572. The Morgan fingerprint density at radius 3 is 2.19 bits per heavy atom. The molecule has 8 nitrogen and oxygen atoms in total. The van der Waals surface area contributed by atoms with Crippen molar-refractivity contribution in [1.82, 2.24) is 5.32 Å². The number of carboxylic acid groups (broad SMARTS) is 1. The van der Waals surface area contributed by atoms with Crippen LogP contribution >= 0.6 is 0 Å². The summed E-state index contributed by atoms with van der Waals surface area (Å²) in [6, 6.07) is 9.88. The van der Waals surface area contributed by atoms with Gasteiger partial charge in [-0.3, -0.25) is 14.5 Å². The largest absolute Gasteiger partial charge is 0.504 e. The number of anilines is 1. The lowest BCUT2D eigenvalue weighted by molar-refractivity contribution is -0.139. The van der Waals surface area contributed by atoms with E-state index in [1.54, 1.807) is 30.3 Å². The second kappa shape index (κ2) is 8.22. The highest BCUT2D eigenvalue weighted by atomic mass is 16.4. The van der Waals surface area contributed by atoms with Gasteiger partial charge in [0.15, 0.2) is 11.5 Å². The molecule has 2 aromatic rings. The van der Waals surface area contributed by atoms with E-state index in [0.29, 0.717) is 5.69 Å². The molecule has 0 heterocycles. The molecule has 0 aromatic heterocycles. The first-order valence-corrected chi connectivity index (χ1v) is 8.16. The van der Waals surface area contributed by atoms with Crippen molar-refractivity contribution in [3.8, 4) is 11.5 Å². The van der Waals surface area contributed by atoms with Crippen LogP contribution in [0.1, 0.15) is 24.2 Å². The Morgan fingerprint density at radius 2 is 1.59 bits per heavy atom. The molecule has 0 fully saturated rings. The molecule has 0 unspecified atom stereocenters. The summed E-state index contributed by atoms with van der Waals surface area (Å²) in [5.41, 5.74) is 0.172. The van der Waals surface area contributed by atoms with E-state index in [1.807, 2.05) is 0 Å². The van der Waals surface area contributed by atoms with E-state index < -0.39 is 41.4 Å². The first-order chi connectivity index (χ1) is 12.7. The zero-order chi connectivity index (χ0) is 20.1. The Morgan fingerprint density at radius 1 is 0.963 bits per heavy atom. The normalized spacial score (nSPS) is 12.7. The summed E-state index contributed by atoms with van der Waals surface area (Å²) in [4.78, 5) is 37.7. The van der Waals surface area contributed by atoms with Gasteiger partial charge >= 0.3 is 5.97 Å². The van der Waals surface area contributed by atoms with Crippen molar-refractivity contribution >= 4 is 23.5 Å². The minimum Gasteiger partial charge on any atom is -0.504 e. The van der Waals surface area contributed by atoms with Gasteiger partial charge in [-0.1, -0.05) is 24.3 Å². The average molecular weight is 372 g/mol. The molecule has 2 aromatic carbocycles. The maximum Gasteiger partial charge on any atom is 0.326 e. The summed E-state index contributed by atoms with van der Waals surface area (Å²) in [6.07, 6.45) is 0. The molecule has 0 saturated carbocycles. The van der Waals surface area contributed by atoms with Crippen LogP contribution in [0.5, 0.6) is 11.5 Å². The van der Waals surface area contributed by atoms with E-state index >= 15 is 0 Å². The zero-order valence-corrected chi connectivity index (χ0v) is 14.8. The van der Waals surface area contributed by atoms with E-state index in [4.69, 9.17) is 0 Å². The van der Waals surface area contributed by atoms with Gasteiger partial charge in [-0.2, -0.15) is 0 Å². The number of benzene rings is 2. The van der Waals surface area contributed by atoms with Crippen LogP contribution in [0, 0.1) is 0 Å². The lowest BCUT2D eigenvalue weighted by Gasteiger charge is -2.29. The summed E-state index contributed by atoms with van der Waals surface area (Å²) in [7, 11) is 0. The van der Waals surface area contributed by atoms with E-state index in [-0.39, 0.29) is 5.56 Å². The second-order valence-electron chi connectivity index (χ2n) is 5.93. The van der Waals surface area contributed by atoms with Gasteiger partial charge in [-0.05, 0) is 38.1 Å². The molecule has 8 heteroatoms. The van der Waals surface area contributed by atoms with Crippen molar-refractivity contribution in [1.29, 1.82) is 0 Å². The number of aromatic hydroxyl groups is 2. The van der Waals surface area contributed by atoms with Gasteiger partial charge in [-0.15, -0.1) is 0 Å². The van der Waals surface area contributed by atoms with Crippen LogP contribution in [0.2, 0.25) is 0 Å². The van der Waals surface area contributed by atoms with E-state index in [9.17, 15) is 29.7 Å². The van der Waals surface area contributed by atoms with Crippen LogP contribution in [-0.4, -0.2) is 45.2 Å². The maximum atomic E-state index is 12.8. The van der Waals surface area contributed by atoms with E-state index in [1.165, 1.54) is 32.0 Å². The molecular formula is C19H20N2O6. The van der Waals surface area contributed by atoms with Crippen molar-refractivity contribution in [2.24, 2.45) is 0 Å². The monoisotopic (exact) mass is 372 g/mol. The Balaban J connectivity index is 2.25. The standard InChI is InChI=1S/C19H20N2O6/c1-11(20-17(24)14-9-6-10-15(22)16(14)23)18(25)21(12(2)19(26)27)13-7-4-3-5-8-13/h3-12,22-23H,1-2H3,(H,20,24)(H,26,27)/t11-,12-/m0/s1. The first-order valence-electron chi connectivity index (χ1n) is 8.16. The number of phenols is 2. The van der Waals surface area contributed by atoms with Gasteiger partial charge in [0.25, 0.3) is 5.91 Å². The molecule has 2 rings (SSSR count). The Bertz CT molecular complexity index is 853. The number of carbonyl (C=O) groups is 3. The maximum absolute atomic E-state index is 12.8. The van der Waals surface area contributed by atoms with Crippen molar-refractivity contribution in [3.63, 3.8) is 0 Å². The molecule has 2 atom stereocenters. The fraction of sp³-hybridized carbons (Fsp3) is 0.211. The SMILES string of the molecule is C[C@H](NC(=O)c1cccc(O)c1O)C(=O)N(c1ccccc1)[C@@H](C)C(=O)O. The van der Waals surface area contributed by atoms with Crippen LogP contribution < -0.4 is 10.2 Å². The number of amides is 2. The molecule has 0 spiro atoms. The van der Waals surface area contributed by atoms with Gasteiger partial charge in [-0.25, -0.2) is 4.79 Å². The molecule has 142 valence electrons. The predicted molar refractivity (Wildman–Crippen MR) is 97.7 cm³/mol. The van der Waals surface area contributed by atoms with E-state index in [2.05, 4.69) is 5.32 Å². The first kappa shape index (κ1) is 19.8. The van der Waals surface area contributed by atoms with Crippen molar-refractivity contribution in [3.05, 3.63) is 54.1 Å². The molecule has 0 aliphatic heterocycles. The highest BCUT2D eigenvalue weighted by Crippen LogP contribution is 2.28. The number of rotatable bonds is 6. The van der Waals surface area contributed by atoms with Crippen LogP contribution in [0.15, 0.2) is 48.5 Å². The molecule has 0 saturated heterocycles. The molecule has 2 amide bonds. The molecule has 0 radical (unpaired) electrons. The summed E-state index contributed by atoms with van der Waals surface area (Å²) in [6.45, 7) is 2.77. The zero-order valence-electron chi connectivity index (χ0n) is 14.8. The lowest BCUT2D eigenvalue weighted by atomic mass is 10.1. The molecule has 0 bridgehead atoms. The Hall–Kier alpha value is -3.55. The lowest BCUT2D eigenvalue weighted by Crippen LogP contribution is -2.52. The van der Waals surface area contributed by atoms with Gasteiger partial charge in [0, 0.05) is 5.69 Å². The average Bonchev–Trinajstić information content (AvgIpc) is 2.64. The third-order valence-corrected chi connectivity index (χ3v) is 3.99. The smallest absolute Gasteiger partial charge is 0.326 e. The molecule has 0 aliphatic rings. The minimum atomic E-state index is -1.20. The summed E-state index contributed by atoms with van der Waals surface area (Å²) in [5, 5.41) is 31.0.